The van der Waals surface area contributed by atoms with Gasteiger partial charge in [-0.2, -0.15) is 0 Å². The summed E-state index contributed by atoms with van der Waals surface area (Å²) in [5, 5.41) is 0. The third-order valence-corrected chi connectivity index (χ3v) is 3.71. The van der Waals surface area contributed by atoms with Crippen LogP contribution in [0.25, 0.3) is 0 Å². The number of sulfonamides is 1. The van der Waals surface area contributed by atoms with Gasteiger partial charge in [0.15, 0.2) is 0 Å². The van der Waals surface area contributed by atoms with Crippen LogP contribution in [0, 0.1) is 0 Å². The van der Waals surface area contributed by atoms with Crippen LogP contribution in [0.1, 0.15) is 6.42 Å². The lowest BCUT2D eigenvalue weighted by molar-refractivity contribution is 0.216. The third kappa shape index (κ3) is 5.48. The van der Waals surface area contributed by atoms with Gasteiger partial charge in [-0.25, -0.2) is 12.7 Å². The maximum absolute atomic E-state index is 11.5. The molecule has 0 aliphatic carbocycles. The Balaban J connectivity index is 4.08. The first-order chi connectivity index (χ1) is 6.40. The molecule has 84 valence electrons. The van der Waals surface area contributed by atoms with Crippen LogP contribution in [0.3, 0.4) is 0 Å². The Morgan fingerprint density at radius 1 is 1.57 bits per heavy atom. The van der Waals surface area contributed by atoms with E-state index in [1.165, 1.54) is 18.5 Å². The first-order valence-corrected chi connectivity index (χ1v) is 6.13. The van der Waals surface area contributed by atoms with Gasteiger partial charge in [-0.1, -0.05) is 12.2 Å². The highest BCUT2D eigenvalue weighted by molar-refractivity contribution is 7.89. The summed E-state index contributed by atoms with van der Waals surface area (Å²) < 4.78 is 28.9. The molecule has 0 spiro atoms. The number of hydrogen-bond donors (Lipinski definition) is 1. The number of nitrogens with two attached hydrogens (primary N) is 1. The van der Waals surface area contributed by atoms with E-state index in [1.54, 1.807) is 0 Å². The van der Waals surface area contributed by atoms with E-state index in [9.17, 15) is 8.42 Å². The minimum absolute atomic E-state index is 0.0165. The first-order valence-electron chi connectivity index (χ1n) is 4.11. The van der Waals surface area contributed by atoms with Gasteiger partial charge in [0.25, 0.3) is 0 Å². The summed E-state index contributed by atoms with van der Waals surface area (Å²) in [6, 6.07) is 0. The maximum Gasteiger partial charge on any atom is 0.216 e. The summed E-state index contributed by atoms with van der Waals surface area (Å²) in [6.07, 6.45) is 0.401. The van der Waals surface area contributed by atoms with Crippen molar-refractivity contribution in [3.05, 3.63) is 0 Å². The molecule has 2 N–H and O–H groups in total. The molecular formula is C7H16N2O3S2. The number of methoxy groups -OCH3 is 1. The zero-order valence-corrected chi connectivity index (χ0v) is 10.0. The highest BCUT2D eigenvalue weighted by Crippen LogP contribution is 1.99. The van der Waals surface area contributed by atoms with Crippen LogP contribution in [0.2, 0.25) is 0 Å². The van der Waals surface area contributed by atoms with Crippen LogP contribution in [0.15, 0.2) is 0 Å². The molecule has 0 aliphatic heterocycles. The molecule has 0 radical (unpaired) electrons. The molecule has 5 nitrogen and oxygen atoms in total. The van der Waals surface area contributed by atoms with Crippen molar-refractivity contribution in [3.8, 4) is 0 Å². The molecule has 14 heavy (non-hydrogen) atoms. The van der Waals surface area contributed by atoms with Gasteiger partial charge in [-0.15, -0.1) is 0 Å². The normalized spacial score (nSPS) is 11.9. The van der Waals surface area contributed by atoms with Crippen LogP contribution >= 0.6 is 12.2 Å². The molecule has 0 aromatic rings. The molecule has 7 heteroatoms. The van der Waals surface area contributed by atoms with E-state index < -0.39 is 10.0 Å². The molecule has 0 saturated heterocycles. The van der Waals surface area contributed by atoms with Gasteiger partial charge in [0.1, 0.15) is 0 Å². The van der Waals surface area contributed by atoms with Crippen molar-refractivity contribution < 1.29 is 13.2 Å². The number of rotatable bonds is 7. The summed E-state index contributed by atoms with van der Waals surface area (Å²) >= 11 is 4.66. The van der Waals surface area contributed by atoms with E-state index >= 15 is 0 Å². The Labute approximate surface area is 90.3 Å². The lowest BCUT2D eigenvalue weighted by atomic mass is 10.4. The molecule has 0 fully saturated rings. The topological polar surface area (TPSA) is 72.6 Å². The standard InChI is InChI=1S/C7H16N2O3S2/c1-9(4-3-7(8)13)14(10,11)6-5-12-2/h3-6H2,1-2H3,(H2,8,13). The van der Waals surface area contributed by atoms with Crippen molar-refractivity contribution in [1.82, 2.24) is 4.31 Å². The van der Waals surface area contributed by atoms with Crippen LogP contribution in [0.5, 0.6) is 0 Å². The van der Waals surface area contributed by atoms with Gasteiger partial charge in [-0.3, -0.25) is 0 Å². The van der Waals surface area contributed by atoms with E-state index in [0.717, 1.165) is 0 Å². The van der Waals surface area contributed by atoms with E-state index in [-0.39, 0.29) is 12.4 Å². The summed E-state index contributed by atoms with van der Waals surface area (Å²) in [7, 11) is -0.259. The Bertz CT molecular complexity index is 277. The number of nitrogens with zero attached hydrogens (tertiary/aromatic N) is 1. The largest absolute Gasteiger partial charge is 0.393 e. The molecule has 0 unspecified atom stereocenters. The van der Waals surface area contributed by atoms with E-state index in [4.69, 9.17) is 10.5 Å². The Hall–Kier alpha value is -0.240. The predicted octanol–water partition coefficient (Wildman–Crippen LogP) is -0.429. The molecule has 0 bridgehead atoms. The highest BCUT2D eigenvalue weighted by Gasteiger charge is 2.16. The predicted molar refractivity (Wildman–Crippen MR) is 59.7 cm³/mol. The number of hydrogen-bond acceptors (Lipinski definition) is 4. The monoisotopic (exact) mass is 240 g/mol. The summed E-state index contributed by atoms with van der Waals surface area (Å²) in [4.78, 5) is 0.318. The highest BCUT2D eigenvalue weighted by atomic mass is 32.2. The molecule has 0 amide bonds. The van der Waals surface area contributed by atoms with Crippen molar-refractivity contribution >= 4 is 27.2 Å². The Morgan fingerprint density at radius 3 is 2.57 bits per heavy atom. The van der Waals surface area contributed by atoms with E-state index in [2.05, 4.69) is 12.2 Å². The lowest BCUT2D eigenvalue weighted by Crippen LogP contribution is -2.33. The van der Waals surface area contributed by atoms with Crippen molar-refractivity contribution in [2.24, 2.45) is 5.73 Å². The van der Waals surface area contributed by atoms with Gasteiger partial charge in [-0.05, 0) is 0 Å². The van der Waals surface area contributed by atoms with Gasteiger partial charge >= 0.3 is 0 Å². The van der Waals surface area contributed by atoms with Crippen LogP contribution < -0.4 is 5.73 Å². The van der Waals surface area contributed by atoms with Gasteiger partial charge in [0.2, 0.25) is 10.0 Å². The van der Waals surface area contributed by atoms with Crippen molar-refractivity contribution in [3.63, 3.8) is 0 Å². The van der Waals surface area contributed by atoms with Crippen LogP contribution in [0.4, 0.5) is 0 Å². The molecule has 0 rings (SSSR count). The van der Waals surface area contributed by atoms with Gasteiger partial charge < -0.3 is 10.5 Å². The quantitative estimate of drug-likeness (QED) is 0.611. The Kier molecular flexibility index (Phi) is 6.17. The van der Waals surface area contributed by atoms with Gasteiger partial charge in [0, 0.05) is 27.1 Å². The molecule has 0 saturated carbocycles. The second kappa shape index (κ2) is 6.28. The fourth-order valence-electron chi connectivity index (χ4n) is 0.751. The average molecular weight is 240 g/mol. The van der Waals surface area contributed by atoms with Crippen molar-refractivity contribution in [2.75, 3.05) is 33.1 Å². The third-order valence-electron chi connectivity index (χ3n) is 1.69. The minimum atomic E-state index is -3.22. The zero-order valence-electron chi connectivity index (χ0n) is 8.39. The SMILES string of the molecule is COCCS(=O)(=O)N(C)CCC(N)=S. The molecule has 0 atom stereocenters. The second-order valence-corrected chi connectivity index (χ2v) is 5.57. The maximum atomic E-state index is 11.5. The number of thiocarbonyl (C=S) groups is 1. The molecule has 0 aromatic carbocycles. The average Bonchev–Trinajstić information content (AvgIpc) is 2.10. The van der Waals surface area contributed by atoms with E-state index in [0.29, 0.717) is 18.0 Å². The van der Waals surface area contributed by atoms with Crippen LogP contribution in [-0.4, -0.2) is 50.8 Å². The zero-order chi connectivity index (χ0) is 11.2. The fourth-order valence-corrected chi connectivity index (χ4v) is 1.90. The summed E-state index contributed by atoms with van der Waals surface area (Å²) in [5.41, 5.74) is 5.27. The smallest absolute Gasteiger partial charge is 0.216 e. The minimum Gasteiger partial charge on any atom is -0.393 e. The van der Waals surface area contributed by atoms with Crippen molar-refractivity contribution in [1.29, 1.82) is 0 Å². The number of ether oxygens (including phenoxy) is 1. The lowest BCUT2D eigenvalue weighted by Gasteiger charge is -2.16. The molecule has 0 aliphatic rings. The van der Waals surface area contributed by atoms with Crippen LogP contribution in [-0.2, 0) is 14.8 Å². The summed E-state index contributed by atoms with van der Waals surface area (Å²) in [5.74, 6) is -0.0165. The molecular weight excluding hydrogens is 224 g/mol. The second-order valence-electron chi connectivity index (χ2n) is 2.85. The van der Waals surface area contributed by atoms with E-state index in [1.807, 2.05) is 0 Å². The first kappa shape index (κ1) is 13.8. The molecule has 0 heterocycles. The Morgan fingerprint density at radius 2 is 2.14 bits per heavy atom. The van der Waals surface area contributed by atoms with Crippen molar-refractivity contribution in [2.45, 2.75) is 6.42 Å². The fraction of sp³-hybridized carbons (Fsp3) is 0.857. The summed E-state index contributed by atoms with van der Waals surface area (Å²) in [6.45, 7) is 0.515. The van der Waals surface area contributed by atoms with Gasteiger partial charge in [0.05, 0.1) is 17.3 Å². The molecule has 0 aromatic heterocycles.